The summed E-state index contributed by atoms with van der Waals surface area (Å²) in [6.45, 7) is 3.54. The monoisotopic (exact) mass is 356 g/mol. The smallest absolute Gasteiger partial charge is 0.354 e. The molecular formula is C19H20N2O5. The molecule has 136 valence electrons. The first-order valence-corrected chi connectivity index (χ1v) is 8.34. The molecule has 7 heteroatoms. The van der Waals surface area contributed by atoms with Crippen LogP contribution in [-0.4, -0.2) is 41.3 Å². The van der Waals surface area contributed by atoms with E-state index in [2.05, 4.69) is 10.3 Å². The van der Waals surface area contributed by atoms with Crippen LogP contribution < -0.4 is 10.1 Å². The van der Waals surface area contributed by atoms with Gasteiger partial charge in [0.2, 0.25) is 0 Å². The number of carboxylic acids is 1. The second-order valence-electron chi connectivity index (χ2n) is 6.13. The maximum Gasteiger partial charge on any atom is 0.354 e. The summed E-state index contributed by atoms with van der Waals surface area (Å²) in [5.74, 6) is -0.723. The zero-order chi connectivity index (χ0) is 18.5. The molecule has 1 fully saturated rings. The van der Waals surface area contributed by atoms with E-state index < -0.39 is 5.97 Å². The summed E-state index contributed by atoms with van der Waals surface area (Å²) in [6, 6.07) is 8.57. The van der Waals surface area contributed by atoms with E-state index in [1.165, 1.54) is 18.3 Å². The van der Waals surface area contributed by atoms with Crippen LogP contribution in [0.15, 0.2) is 36.5 Å². The SMILES string of the molecule is Cc1ccc(CNC(=O)c2ccc(C(=O)O)nc2)c(OC2CCOC2)c1. The standard InChI is InChI=1S/C19H20N2O5/c1-12-2-3-13(17(8-12)26-15-6-7-25-11-15)9-21-18(22)14-4-5-16(19(23)24)20-10-14/h2-5,8,10,15H,6-7,9,11H2,1H3,(H,21,22)(H,23,24). The number of nitrogens with one attached hydrogen (secondary N) is 1. The van der Waals surface area contributed by atoms with Gasteiger partial charge in [-0.3, -0.25) is 4.79 Å². The van der Waals surface area contributed by atoms with Crippen LogP contribution in [0.1, 0.15) is 38.4 Å². The largest absolute Gasteiger partial charge is 0.488 e. The lowest BCUT2D eigenvalue weighted by Gasteiger charge is -2.17. The maximum atomic E-state index is 12.3. The van der Waals surface area contributed by atoms with Crippen molar-refractivity contribution in [1.82, 2.24) is 10.3 Å². The van der Waals surface area contributed by atoms with Crippen LogP contribution in [-0.2, 0) is 11.3 Å². The number of pyridine rings is 1. The molecule has 1 unspecified atom stereocenters. The lowest BCUT2D eigenvalue weighted by Crippen LogP contribution is -2.24. The molecule has 2 heterocycles. The molecule has 1 aliphatic heterocycles. The number of carbonyl (C=O) groups excluding carboxylic acids is 1. The van der Waals surface area contributed by atoms with Crippen molar-refractivity contribution >= 4 is 11.9 Å². The Morgan fingerprint density at radius 3 is 2.85 bits per heavy atom. The van der Waals surface area contributed by atoms with Gasteiger partial charge in [0.25, 0.3) is 5.91 Å². The molecule has 2 N–H and O–H groups in total. The van der Waals surface area contributed by atoms with Gasteiger partial charge in [0, 0.05) is 24.7 Å². The van der Waals surface area contributed by atoms with E-state index in [1.54, 1.807) is 0 Å². The molecule has 1 aliphatic rings. The number of aromatic nitrogens is 1. The summed E-state index contributed by atoms with van der Waals surface area (Å²) in [6.07, 6.45) is 2.13. The fraction of sp³-hybridized carbons (Fsp3) is 0.316. The van der Waals surface area contributed by atoms with Gasteiger partial charge in [0.05, 0.1) is 18.8 Å². The number of amides is 1. The van der Waals surface area contributed by atoms with Crippen LogP contribution in [0.5, 0.6) is 5.75 Å². The van der Waals surface area contributed by atoms with E-state index in [0.29, 0.717) is 25.3 Å². The quantitative estimate of drug-likeness (QED) is 0.823. The Bertz CT molecular complexity index is 798. The van der Waals surface area contributed by atoms with Crippen LogP contribution in [0, 0.1) is 6.92 Å². The Kier molecular flexibility index (Phi) is 5.48. The van der Waals surface area contributed by atoms with E-state index in [-0.39, 0.29) is 17.7 Å². The molecule has 0 aliphatic carbocycles. The second kappa shape index (κ2) is 7.97. The lowest BCUT2D eigenvalue weighted by atomic mass is 10.1. The van der Waals surface area contributed by atoms with Crippen molar-refractivity contribution in [3.8, 4) is 5.75 Å². The molecule has 1 atom stereocenters. The fourth-order valence-corrected chi connectivity index (χ4v) is 2.64. The third-order valence-corrected chi connectivity index (χ3v) is 4.09. The van der Waals surface area contributed by atoms with Crippen LogP contribution in [0.4, 0.5) is 0 Å². The number of ether oxygens (including phenoxy) is 2. The summed E-state index contributed by atoms with van der Waals surface area (Å²) in [7, 11) is 0. The molecule has 1 aromatic carbocycles. The molecule has 3 rings (SSSR count). The first-order chi connectivity index (χ1) is 12.5. The topological polar surface area (TPSA) is 97.8 Å². The Morgan fingerprint density at radius 1 is 1.35 bits per heavy atom. The second-order valence-corrected chi connectivity index (χ2v) is 6.13. The number of nitrogens with zero attached hydrogens (tertiary/aromatic N) is 1. The normalized spacial score (nSPS) is 16.3. The van der Waals surface area contributed by atoms with E-state index in [0.717, 1.165) is 23.3 Å². The summed E-state index contributed by atoms with van der Waals surface area (Å²) < 4.78 is 11.4. The minimum Gasteiger partial charge on any atom is -0.488 e. The van der Waals surface area contributed by atoms with Gasteiger partial charge in [-0.05, 0) is 30.7 Å². The Labute approximate surface area is 151 Å². The van der Waals surface area contributed by atoms with E-state index in [1.807, 2.05) is 25.1 Å². The average molecular weight is 356 g/mol. The van der Waals surface area contributed by atoms with Gasteiger partial charge in [0.1, 0.15) is 17.5 Å². The number of hydrogen-bond acceptors (Lipinski definition) is 5. The molecule has 2 aromatic rings. The molecule has 1 saturated heterocycles. The highest BCUT2D eigenvalue weighted by Gasteiger charge is 2.19. The molecule has 0 bridgehead atoms. The highest BCUT2D eigenvalue weighted by Crippen LogP contribution is 2.24. The first-order valence-electron chi connectivity index (χ1n) is 8.34. The Morgan fingerprint density at radius 2 is 2.19 bits per heavy atom. The Hall–Kier alpha value is -2.93. The van der Waals surface area contributed by atoms with Crippen LogP contribution in [0.3, 0.4) is 0 Å². The molecule has 0 radical (unpaired) electrons. The molecule has 1 amide bonds. The number of aryl methyl sites for hydroxylation is 1. The van der Waals surface area contributed by atoms with Gasteiger partial charge >= 0.3 is 5.97 Å². The number of carboxylic acid groups (broad SMARTS) is 1. The summed E-state index contributed by atoms with van der Waals surface area (Å²) in [5.41, 5.74) is 2.14. The zero-order valence-corrected chi connectivity index (χ0v) is 14.4. The van der Waals surface area contributed by atoms with Gasteiger partial charge in [-0.25, -0.2) is 9.78 Å². The van der Waals surface area contributed by atoms with Gasteiger partial charge in [0.15, 0.2) is 0 Å². The van der Waals surface area contributed by atoms with Crippen molar-refractivity contribution < 1.29 is 24.2 Å². The van der Waals surface area contributed by atoms with Crippen molar-refractivity contribution in [2.75, 3.05) is 13.2 Å². The van der Waals surface area contributed by atoms with Crippen molar-refractivity contribution in [3.63, 3.8) is 0 Å². The van der Waals surface area contributed by atoms with Crippen molar-refractivity contribution in [3.05, 3.63) is 58.9 Å². The van der Waals surface area contributed by atoms with E-state index in [4.69, 9.17) is 14.6 Å². The Balaban J connectivity index is 1.66. The van der Waals surface area contributed by atoms with Crippen LogP contribution in [0.25, 0.3) is 0 Å². The highest BCUT2D eigenvalue weighted by atomic mass is 16.5. The molecule has 26 heavy (non-hydrogen) atoms. The number of benzene rings is 1. The fourth-order valence-electron chi connectivity index (χ4n) is 2.64. The molecule has 7 nitrogen and oxygen atoms in total. The van der Waals surface area contributed by atoms with Gasteiger partial charge in [-0.15, -0.1) is 0 Å². The van der Waals surface area contributed by atoms with Crippen molar-refractivity contribution in [2.24, 2.45) is 0 Å². The van der Waals surface area contributed by atoms with Crippen LogP contribution >= 0.6 is 0 Å². The molecule has 0 saturated carbocycles. The molecule has 1 aromatic heterocycles. The summed E-state index contributed by atoms with van der Waals surface area (Å²) >= 11 is 0. The van der Waals surface area contributed by atoms with Crippen LogP contribution in [0.2, 0.25) is 0 Å². The predicted octanol–water partition coefficient (Wildman–Crippen LogP) is 2.19. The minimum absolute atomic E-state index is 0.0269. The number of rotatable bonds is 6. The zero-order valence-electron chi connectivity index (χ0n) is 14.4. The minimum atomic E-state index is -1.13. The average Bonchev–Trinajstić information content (AvgIpc) is 3.14. The molecule has 0 spiro atoms. The predicted molar refractivity (Wildman–Crippen MR) is 93.4 cm³/mol. The number of carbonyl (C=O) groups is 2. The van der Waals surface area contributed by atoms with Gasteiger partial charge in [-0.1, -0.05) is 12.1 Å². The maximum absolute atomic E-state index is 12.3. The van der Waals surface area contributed by atoms with E-state index in [9.17, 15) is 9.59 Å². The van der Waals surface area contributed by atoms with Gasteiger partial charge < -0.3 is 19.9 Å². The third-order valence-electron chi connectivity index (χ3n) is 4.09. The van der Waals surface area contributed by atoms with Gasteiger partial charge in [-0.2, -0.15) is 0 Å². The highest BCUT2D eigenvalue weighted by molar-refractivity contribution is 5.94. The lowest BCUT2D eigenvalue weighted by molar-refractivity contribution is 0.0689. The van der Waals surface area contributed by atoms with Crippen molar-refractivity contribution in [2.45, 2.75) is 26.0 Å². The third kappa shape index (κ3) is 4.37. The number of aromatic carboxylic acids is 1. The van der Waals surface area contributed by atoms with Crippen molar-refractivity contribution in [1.29, 1.82) is 0 Å². The summed E-state index contributed by atoms with van der Waals surface area (Å²) in [5, 5.41) is 11.7. The number of hydrogen-bond donors (Lipinski definition) is 2. The first kappa shape index (κ1) is 17.9. The van der Waals surface area contributed by atoms with E-state index >= 15 is 0 Å². The summed E-state index contributed by atoms with van der Waals surface area (Å²) in [4.78, 5) is 26.8. The molecular weight excluding hydrogens is 336 g/mol.